The monoisotopic (exact) mass is 246 g/mol. The zero-order valence-electron chi connectivity index (χ0n) is 11.4. The largest absolute Gasteiger partial charge is 0.384 e. The molecule has 1 aromatic carbocycles. The fourth-order valence-electron chi connectivity index (χ4n) is 2.58. The summed E-state index contributed by atoms with van der Waals surface area (Å²) >= 11 is 0. The lowest BCUT2D eigenvalue weighted by Crippen LogP contribution is -2.38. The summed E-state index contributed by atoms with van der Waals surface area (Å²) in [5.74, 6) is 0.207. The van der Waals surface area contributed by atoms with E-state index in [-0.39, 0.29) is 11.8 Å². The van der Waals surface area contributed by atoms with Crippen LogP contribution in [0.3, 0.4) is 0 Å². The van der Waals surface area contributed by atoms with E-state index in [1.165, 1.54) is 0 Å². The van der Waals surface area contributed by atoms with Gasteiger partial charge in [-0.25, -0.2) is 0 Å². The maximum atomic E-state index is 12.5. The van der Waals surface area contributed by atoms with Crippen LogP contribution in [0, 0.1) is 0 Å². The molecule has 1 aromatic rings. The van der Waals surface area contributed by atoms with E-state index in [1.807, 2.05) is 30.1 Å². The molecule has 0 bridgehead atoms. The maximum absolute atomic E-state index is 12.5. The Morgan fingerprint density at radius 2 is 2.22 bits per heavy atom. The van der Waals surface area contributed by atoms with Crippen molar-refractivity contribution in [1.82, 2.24) is 4.90 Å². The molecule has 3 nitrogen and oxygen atoms in total. The predicted octanol–water partition coefficient (Wildman–Crippen LogP) is 2.84. The van der Waals surface area contributed by atoms with Gasteiger partial charge in [0.2, 0.25) is 5.91 Å². The molecule has 0 aromatic heterocycles. The van der Waals surface area contributed by atoms with Crippen LogP contribution in [0.25, 0.3) is 0 Å². The van der Waals surface area contributed by atoms with Crippen molar-refractivity contribution in [2.75, 3.05) is 18.9 Å². The number of likely N-dealkylation sites (N-methyl/N-ethyl adjacent to an activating group) is 1. The molecule has 3 heteroatoms. The van der Waals surface area contributed by atoms with Gasteiger partial charge >= 0.3 is 0 Å². The molecule has 2 rings (SSSR count). The van der Waals surface area contributed by atoms with Gasteiger partial charge in [-0.3, -0.25) is 4.79 Å². The van der Waals surface area contributed by atoms with Gasteiger partial charge in [-0.15, -0.1) is 0 Å². The van der Waals surface area contributed by atoms with Crippen LogP contribution in [0.15, 0.2) is 24.3 Å². The molecule has 0 fully saturated rings. The van der Waals surface area contributed by atoms with E-state index in [0.717, 1.165) is 30.6 Å². The molecule has 18 heavy (non-hydrogen) atoms. The summed E-state index contributed by atoms with van der Waals surface area (Å²) in [6.45, 7) is 5.00. The number of hydrogen-bond donors (Lipinski definition) is 1. The molecule has 1 aliphatic rings. The summed E-state index contributed by atoms with van der Waals surface area (Å²) < 4.78 is 0. The molecule has 0 aliphatic carbocycles. The fraction of sp³-hybridized carbons (Fsp3) is 0.533. The lowest BCUT2D eigenvalue weighted by Gasteiger charge is -2.27. The SMILES string of the molecule is CCCC(C)N(C)C(=O)C1CNc2ccccc21. The average Bonchev–Trinajstić information content (AvgIpc) is 2.81. The first-order valence-corrected chi connectivity index (χ1v) is 6.74. The van der Waals surface area contributed by atoms with Gasteiger partial charge in [0.1, 0.15) is 0 Å². The van der Waals surface area contributed by atoms with Gasteiger partial charge in [0.15, 0.2) is 0 Å². The molecule has 2 atom stereocenters. The molecule has 0 spiro atoms. The zero-order chi connectivity index (χ0) is 13.1. The highest BCUT2D eigenvalue weighted by atomic mass is 16.2. The van der Waals surface area contributed by atoms with Crippen molar-refractivity contribution in [2.45, 2.75) is 38.6 Å². The molecule has 1 N–H and O–H groups in total. The molecule has 0 saturated carbocycles. The maximum Gasteiger partial charge on any atom is 0.231 e. The van der Waals surface area contributed by atoms with Crippen molar-refractivity contribution in [3.8, 4) is 0 Å². The van der Waals surface area contributed by atoms with E-state index in [4.69, 9.17) is 0 Å². The van der Waals surface area contributed by atoms with Crippen molar-refractivity contribution in [1.29, 1.82) is 0 Å². The Bertz CT molecular complexity index is 430. The van der Waals surface area contributed by atoms with Crippen LogP contribution in [-0.2, 0) is 4.79 Å². The average molecular weight is 246 g/mol. The number of rotatable bonds is 4. The van der Waals surface area contributed by atoms with Gasteiger partial charge in [0, 0.05) is 25.3 Å². The van der Waals surface area contributed by atoms with E-state index >= 15 is 0 Å². The van der Waals surface area contributed by atoms with Crippen molar-refractivity contribution in [3.63, 3.8) is 0 Å². The summed E-state index contributed by atoms with van der Waals surface area (Å²) in [5.41, 5.74) is 2.24. The third-order valence-corrected chi connectivity index (χ3v) is 3.85. The van der Waals surface area contributed by atoms with E-state index in [1.54, 1.807) is 0 Å². The molecular weight excluding hydrogens is 224 g/mol. The fourth-order valence-corrected chi connectivity index (χ4v) is 2.58. The van der Waals surface area contributed by atoms with Gasteiger partial charge in [-0.1, -0.05) is 31.5 Å². The molecule has 2 unspecified atom stereocenters. The Hall–Kier alpha value is -1.51. The Balaban J connectivity index is 2.11. The lowest BCUT2D eigenvalue weighted by atomic mass is 9.99. The van der Waals surface area contributed by atoms with Crippen molar-refractivity contribution >= 4 is 11.6 Å². The number of nitrogens with zero attached hydrogens (tertiary/aromatic N) is 1. The van der Waals surface area contributed by atoms with Crippen LogP contribution in [0.5, 0.6) is 0 Å². The number of carbonyl (C=O) groups excluding carboxylic acids is 1. The van der Waals surface area contributed by atoms with Crippen LogP contribution >= 0.6 is 0 Å². The second kappa shape index (κ2) is 5.42. The first kappa shape index (κ1) is 12.9. The van der Waals surface area contributed by atoms with Crippen molar-refractivity contribution in [3.05, 3.63) is 29.8 Å². The Labute approximate surface area is 109 Å². The molecule has 1 amide bonds. The van der Waals surface area contributed by atoms with E-state index < -0.39 is 0 Å². The highest BCUT2D eigenvalue weighted by molar-refractivity contribution is 5.88. The summed E-state index contributed by atoms with van der Waals surface area (Å²) in [6.07, 6.45) is 2.17. The molecule has 1 heterocycles. The Morgan fingerprint density at radius 1 is 1.50 bits per heavy atom. The number of carbonyl (C=O) groups is 1. The minimum Gasteiger partial charge on any atom is -0.384 e. The minimum atomic E-state index is -0.0227. The van der Waals surface area contributed by atoms with Crippen LogP contribution in [0.4, 0.5) is 5.69 Å². The zero-order valence-corrected chi connectivity index (χ0v) is 11.4. The lowest BCUT2D eigenvalue weighted by molar-refractivity contribution is -0.133. The number of nitrogens with one attached hydrogen (secondary N) is 1. The summed E-state index contributed by atoms with van der Waals surface area (Å²) in [7, 11) is 1.92. The Morgan fingerprint density at radius 3 is 2.94 bits per heavy atom. The highest BCUT2D eigenvalue weighted by Gasteiger charge is 2.31. The number of amides is 1. The second-order valence-corrected chi connectivity index (χ2v) is 5.11. The molecule has 1 aliphatic heterocycles. The van der Waals surface area contributed by atoms with E-state index in [2.05, 4.69) is 25.2 Å². The summed E-state index contributed by atoms with van der Waals surface area (Å²) in [4.78, 5) is 14.4. The van der Waals surface area contributed by atoms with Gasteiger partial charge in [-0.2, -0.15) is 0 Å². The topological polar surface area (TPSA) is 32.3 Å². The molecule has 0 radical (unpaired) electrons. The number of para-hydroxylation sites is 1. The Kier molecular flexibility index (Phi) is 3.90. The minimum absolute atomic E-state index is 0.0227. The third-order valence-electron chi connectivity index (χ3n) is 3.85. The van der Waals surface area contributed by atoms with Crippen molar-refractivity contribution in [2.24, 2.45) is 0 Å². The number of hydrogen-bond acceptors (Lipinski definition) is 2. The van der Waals surface area contributed by atoms with Gasteiger partial charge in [-0.05, 0) is 25.0 Å². The van der Waals surface area contributed by atoms with Gasteiger partial charge in [0.05, 0.1) is 5.92 Å². The predicted molar refractivity (Wildman–Crippen MR) is 74.8 cm³/mol. The first-order valence-electron chi connectivity index (χ1n) is 6.74. The van der Waals surface area contributed by atoms with Crippen molar-refractivity contribution < 1.29 is 4.79 Å². The third kappa shape index (κ3) is 2.35. The van der Waals surface area contributed by atoms with Crippen LogP contribution < -0.4 is 5.32 Å². The molecule has 98 valence electrons. The first-order chi connectivity index (χ1) is 8.65. The quantitative estimate of drug-likeness (QED) is 0.886. The normalized spacial score (nSPS) is 18.9. The highest BCUT2D eigenvalue weighted by Crippen LogP contribution is 2.32. The number of anilines is 1. The van der Waals surface area contributed by atoms with Gasteiger partial charge < -0.3 is 10.2 Å². The smallest absolute Gasteiger partial charge is 0.231 e. The van der Waals surface area contributed by atoms with Crippen LogP contribution in [0.1, 0.15) is 38.2 Å². The molecule has 0 saturated heterocycles. The number of benzene rings is 1. The van der Waals surface area contributed by atoms with E-state index in [0.29, 0.717) is 6.04 Å². The molecular formula is C15H22N2O. The standard InChI is InChI=1S/C15H22N2O/c1-4-7-11(2)17(3)15(18)13-10-16-14-9-6-5-8-12(13)14/h5-6,8-9,11,13,16H,4,7,10H2,1-3H3. The van der Waals surface area contributed by atoms with Crippen LogP contribution in [0.2, 0.25) is 0 Å². The number of fused-ring (bicyclic) bond motifs is 1. The summed E-state index contributed by atoms with van der Waals surface area (Å²) in [6, 6.07) is 8.41. The summed E-state index contributed by atoms with van der Waals surface area (Å²) in [5, 5.41) is 3.31. The second-order valence-electron chi connectivity index (χ2n) is 5.11. The van der Waals surface area contributed by atoms with E-state index in [9.17, 15) is 4.79 Å². The van der Waals surface area contributed by atoms with Gasteiger partial charge in [0.25, 0.3) is 0 Å². The van der Waals surface area contributed by atoms with Crippen LogP contribution in [-0.4, -0.2) is 30.4 Å².